The molecule has 5 heteroatoms. The lowest BCUT2D eigenvalue weighted by Gasteiger charge is -2.07. The zero-order valence-electron chi connectivity index (χ0n) is 10.6. The van der Waals surface area contributed by atoms with Crippen molar-refractivity contribution in [3.05, 3.63) is 40.6 Å². The molecule has 0 spiro atoms. The first kappa shape index (κ1) is 12.3. The van der Waals surface area contributed by atoms with Crippen LogP contribution >= 0.6 is 0 Å². The van der Waals surface area contributed by atoms with Crippen molar-refractivity contribution in [3.8, 4) is 17.1 Å². The molecule has 0 saturated carbocycles. The number of rotatable bonds is 3. The van der Waals surface area contributed by atoms with Crippen LogP contribution in [-0.2, 0) is 0 Å². The van der Waals surface area contributed by atoms with Crippen molar-refractivity contribution in [2.24, 2.45) is 0 Å². The summed E-state index contributed by atoms with van der Waals surface area (Å²) in [4.78, 5) is 22.8. The number of hydrogen-bond acceptors (Lipinski definition) is 4. The largest absolute Gasteiger partial charge is 0.481 e. The van der Waals surface area contributed by atoms with Crippen LogP contribution in [0.3, 0.4) is 0 Å². The van der Waals surface area contributed by atoms with E-state index in [1.165, 1.54) is 6.07 Å². The smallest absolute Gasteiger partial charge is 0.251 e. The molecule has 0 saturated heterocycles. The monoisotopic (exact) mass is 245 g/mol. The van der Waals surface area contributed by atoms with Crippen LogP contribution in [0.15, 0.2) is 29.2 Å². The third kappa shape index (κ3) is 2.56. The van der Waals surface area contributed by atoms with Gasteiger partial charge < -0.3 is 9.72 Å². The summed E-state index contributed by atoms with van der Waals surface area (Å²) in [6.07, 6.45) is 1.64. The summed E-state index contributed by atoms with van der Waals surface area (Å²) in [6, 6.07) is 5.04. The van der Waals surface area contributed by atoms with E-state index in [1.54, 1.807) is 19.4 Å². The first-order valence-electron chi connectivity index (χ1n) is 5.72. The van der Waals surface area contributed by atoms with Gasteiger partial charge in [-0.2, -0.15) is 0 Å². The predicted molar refractivity (Wildman–Crippen MR) is 68.7 cm³/mol. The van der Waals surface area contributed by atoms with Crippen molar-refractivity contribution < 1.29 is 4.74 Å². The van der Waals surface area contributed by atoms with Gasteiger partial charge in [0.1, 0.15) is 5.82 Å². The van der Waals surface area contributed by atoms with E-state index >= 15 is 0 Å². The summed E-state index contributed by atoms with van der Waals surface area (Å²) in [7, 11) is 1.56. The molecule has 0 bridgehead atoms. The number of pyridine rings is 1. The van der Waals surface area contributed by atoms with Gasteiger partial charge in [0.2, 0.25) is 5.88 Å². The Morgan fingerprint density at radius 1 is 1.33 bits per heavy atom. The third-order valence-electron chi connectivity index (χ3n) is 2.55. The number of nitrogens with one attached hydrogen (secondary N) is 1. The molecule has 0 unspecified atom stereocenters. The Balaban J connectivity index is 2.46. The van der Waals surface area contributed by atoms with E-state index < -0.39 is 0 Å². The Hall–Kier alpha value is -2.17. The molecular weight excluding hydrogens is 230 g/mol. The molecule has 0 radical (unpaired) electrons. The van der Waals surface area contributed by atoms with E-state index in [0.29, 0.717) is 17.4 Å². The Morgan fingerprint density at radius 3 is 2.67 bits per heavy atom. The predicted octanol–water partition coefficient (Wildman–Crippen LogP) is 1.96. The number of nitrogens with zero attached hydrogens (tertiary/aromatic N) is 2. The van der Waals surface area contributed by atoms with E-state index in [9.17, 15) is 4.79 Å². The van der Waals surface area contributed by atoms with Crippen LogP contribution in [0.1, 0.15) is 25.6 Å². The van der Waals surface area contributed by atoms with Crippen molar-refractivity contribution in [2.45, 2.75) is 19.8 Å². The Bertz CT molecular complexity index is 588. The number of aromatic nitrogens is 3. The maximum atomic E-state index is 11.6. The summed E-state index contributed by atoms with van der Waals surface area (Å²) < 4.78 is 4.99. The van der Waals surface area contributed by atoms with Gasteiger partial charge in [-0.25, -0.2) is 9.97 Å². The maximum Gasteiger partial charge on any atom is 0.251 e. The fraction of sp³-hybridized carbons (Fsp3) is 0.308. The lowest BCUT2D eigenvalue weighted by atomic mass is 10.1. The van der Waals surface area contributed by atoms with E-state index in [1.807, 2.05) is 19.9 Å². The molecule has 0 aromatic carbocycles. The molecule has 2 aromatic rings. The van der Waals surface area contributed by atoms with Gasteiger partial charge in [0.05, 0.1) is 12.8 Å². The average molecular weight is 245 g/mol. The van der Waals surface area contributed by atoms with Crippen LogP contribution in [0.25, 0.3) is 11.3 Å². The number of hydrogen-bond donors (Lipinski definition) is 1. The SMILES string of the molecule is COc1ccc(-c2cc(=O)[nH]c(C(C)C)n2)cn1. The summed E-state index contributed by atoms with van der Waals surface area (Å²) in [5.41, 5.74) is 1.26. The van der Waals surface area contributed by atoms with Gasteiger partial charge in [0.25, 0.3) is 5.56 Å². The highest BCUT2D eigenvalue weighted by molar-refractivity contribution is 5.57. The molecule has 0 aliphatic carbocycles. The van der Waals surface area contributed by atoms with Crippen molar-refractivity contribution in [1.29, 1.82) is 0 Å². The molecule has 2 rings (SSSR count). The lowest BCUT2D eigenvalue weighted by Crippen LogP contribution is -2.12. The molecule has 1 N–H and O–H groups in total. The lowest BCUT2D eigenvalue weighted by molar-refractivity contribution is 0.398. The van der Waals surface area contributed by atoms with E-state index in [2.05, 4.69) is 15.0 Å². The molecule has 2 aromatic heterocycles. The maximum absolute atomic E-state index is 11.6. The summed E-state index contributed by atoms with van der Waals surface area (Å²) in [5, 5.41) is 0. The number of H-pyrrole nitrogens is 1. The molecule has 2 heterocycles. The van der Waals surface area contributed by atoms with E-state index in [0.717, 1.165) is 5.56 Å². The van der Waals surface area contributed by atoms with Crippen LogP contribution in [0, 0.1) is 0 Å². The molecule has 0 amide bonds. The topological polar surface area (TPSA) is 67.9 Å². The average Bonchev–Trinajstić information content (AvgIpc) is 2.38. The van der Waals surface area contributed by atoms with Crippen molar-refractivity contribution >= 4 is 0 Å². The van der Waals surface area contributed by atoms with Crippen LogP contribution < -0.4 is 10.3 Å². The summed E-state index contributed by atoms with van der Waals surface area (Å²) in [5.74, 6) is 1.38. The van der Waals surface area contributed by atoms with Crippen molar-refractivity contribution in [1.82, 2.24) is 15.0 Å². The van der Waals surface area contributed by atoms with Crippen LogP contribution in [0.4, 0.5) is 0 Å². The van der Waals surface area contributed by atoms with Crippen molar-refractivity contribution in [2.75, 3.05) is 7.11 Å². The Morgan fingerprint density at radius 2 is 2.11 bits per heavy atom. The first-order valence-corrected chi connectivity index (χ1v) is 5.72. The fourth-order valence-corrected chi connectivity index (χ4v) is 1.55. The van der Waals surface area contributed by atoms with Crippen LogP contribution in [-0.4, -0.2) is 22.1 Å². The quantitative estimate of drug-likeness (QED) is 0.897. The summed E-state index contributed by atoms with van der Waals surface area (Å²) >= 11 is 0. The van der Waals surface area contributed by atoms with E-state index in [-0.39, 0.29) is 11.5 Å². The number of ether oxygens (including phenoxy) is 1. The minimum absolute atomic E-state index is 0.153. The van der Waals surface area contributed by atoms with Gasteiger partial charge in [-0.1, -0.05) is 13.8 Å². The minimum atomic E-state index is -0.153. The second-order valence-electron chi connectivity index (χ2n) is 4.26. The van der Waals surface area contributed by atoms with Crippen LogP contribution in [0.5, 0.6) is 5.88 Å². The zero-order valence-corrected chi connectivity index (χ0v) is 10.6. The van der Waals surface area contributed by atoms with Gasteiger partial charge >= 0.3 is 0 Å². The van der Waals surface area contributed by atoms with Crippen LogP contribution in [0.2, 0.25) is 0 Å². The Kier molecular flexibility index (Phi) is 3.41. The van der Waals surface area contributed by atoms with Gasteiger partial charge in [-0.3, -0.25) is 4.79 Å². The molecule has 0 aliphatic heterocycles. The summed E-state index contributed by atoms with van der Waals surface area (Å²) in [6.45, 7) is 3.96. The molecule has 5 nitrogen and oxygen atoms in total. The van der Waals surface area contributed by atoms with Gasteiger partial charge in [0.15, 0.2) is 0 Å². The molecule has 94 valence electrons. The third-order valence-corrected chi connectivity index (χ3v) is 2.55. The molecule has 0 fully saturated rings. The highest BCUT2D eigenvalue weighted by Gasteiger charge is 2.07. The van der Waals surface area contributed by atoms with Gasteiger partial charge in [0, 0.05) is 29.8 Å². The second-order valence-corrected chi connectivity index (χ2v) is 4.26. The molecule has 0 aliphatic rings. The molecule has 0 atom stereocenters. The first-order chi connectivity index (χ1) is 8.60. The van der Waals surface area contributed by atoms with Gasteiger partial charge in [-0.15, -0.1) is 0 Å². The molecule has 18 heavy (non-hydrogen) atoms. The Labute approximate surface area is 105 Å². The zero-order chi connectivity index (χ0) is 13.1. The van der Waals surface area contributed by atoms with Crippen molar-refractivity contribution in [3.63, 3.8) is 0 Å². The minimum Gasteiger partial charge on any atom is -0.481 e. The second kappa shape index (κ2) is 5.00. The van der Waals surface area contributed by atoms with Gasteiger partial charge in [-0.05, 0) is 6.07 Å². The van der Waals surface area contributed by atoms with E-state index in [4.69, 9.17) is 4.74 Å². The standard InChI is InChI=1S/C13H15N3O2/c1-8(2)13-15-10(6-11(17)16-13)9-4-5-12(18-3)14-7-9/h4-8H,1-3H3,(H,15,16,17). The normalized spacial score (nSPS) is 10.7. The molecular formula is C13H15N3O2. The highest BCUT2D eigenvalue weighted by atomic mass is 16.5. The number of aromatic amines is 1. The highest BCUT2D eigenvalue weighted by Crippen LogP contribution is 2.18. The fourth-order valence-electron chi connectivity index (χ4n) is 1.55. The number of methoxy groups -OCH3 is 1.